The molecule has 12 heavy (non-hydrogen) atoms. The molecule has 4 heteroatoms. The minimum atomic E-state index is -0.421. The van der Waals surface area contributed by atoms with Gasteiger partial charge in [-0.25, -0.2) is 4.79 Å². The molecule has 0 aliphatic carbocycles. The number of carbonyl (C=O) groups excluding carboxylic acids is 1. The van der Waals surface area contributed by atoms with E-state index in [0.29, 0.717) is 13.0 Å². The fourth-order valence-electron chi connectivity index (χ4n) is 1.19. The van der Waals surface area contributed by atoms with Crippen LogP contribution in [0.3, 0.4) is 0 Å². The van der Waals surface area contributed by atoms with E-state index in [2.05, 4.69) is 0 Å². The van der Waals surface area contributed by atoms with Gasteiger partial charge in [-0.15, -0.1) is 0 Å². The van der Waals surface area contributed by atoms with E-state index < -0.39 is 6.10 Å². The lowest BCUT2D eigenvalue weighted by Gasteiger charge is -2.10. The average molecular weight is 174 g/mol. The fraction of sp³-hybridized carbons (Fsp3) is 0.875. The van der Waals surface area contributed by atoms with E-state index in [0.717, 1.165) is 6.42 Å². The van der Waals surface area contributed by atoms with Gasteiger partial charge in [-0.1, -0.05) is 0 Å². The maximum Gasteiger partial charge on any atom is 0.335 e. The normalized spacial score (nSPS) is 28.8. The largest absolute Gasteiger partial charge is 0.464 e. The Labute approximate surface area is 71.8 Å². The molecule has 1 aliphatic rings. The summed E-state index contributed by atoms with van der Waals surface area (Å²) < 4.78 is 15.0. The van der Waals surface area contributed by atoms with Gasteiger partial charge in [-0.3, -0.25) is 0 Å². The van der Waals surface area contributed by atoms with Crippen molar-refractivity contribution in [2.24, 2.45) is 0 Å². The van der Waals surface area contributed by atoms with Gasteiger partial charge in [0, 0.05) is 13.5 Å². The number of hydrogen-bond donors (Lipinski definition) is 0. The quantitative estimate of drug-likeness (QED) is 0.591. The molecule has 0 radical (unpaired) electrons. The third kappa shape index (κ3) is 2.19. The molecule has 1 heterocycles. The lowest BCUT2D eigenvalue weighted by Crippen LogP contribution is -2.24. The van der Waals surface area contributed by atoms with Crippen LogP contribution in [0.15, 0.2) is 0 Å². The number of ether oxygens (including phenoxy) is 3. The Morgan fingerprint density at radius 1 is 1.58 bits per heavy atom. The lowest BCUT2D eigenvalue weighted by molar-refractivity contribution is -0.168. The average Bonchev–Trinajstić information content (AvgIpc) is 2.52. The van der Waals surface area contributed by atoms with Gasteiger partial charge in [-0.2, -0.15) is 0 Å². The summed E-state index contributed by atoms with van der Waals surface area (Å²) in [6, 6.07) is 0. The van der Waals surface area contributed by atoms with Crippen molar-refractivity contribution in [1.29, 1.82) is 0 Å². The van der Waals surface area contributed by atoms with E-state index >= 15 is 0 Å². The molecule has 0 aromatic heterocycles. The third-order valence-electron chi connectivity index (χ3n) is 1.79. The molecule has 0 aromatic rings. The van der Waals surface area contributed by atoms with Crippen LogP contribution in [0.4, 0.5) is 0 Å². The molecule has 0 aromatic carbocycles. The zero-order chi connectivity index (χ0) is 8.97. The highest BCUT2D eigenvalue weighted by Crippen LogP contribution is 2.20. The summed E-state index contributed by atoms with van der Waals surface area (Å²) in [5.41, 5.74) is 0. The molecular weight excluding hydrogens is 160 g/mol. The maximum atomic E-state index is 11.1. The Morgan fingerprint density at radius 2 is 2.33 bits per heavy atom. The first-order valence-corrected chi connectivity index (χ1v) is 4.12. The molecule has 0 amide bonds. The van der Waals surface area contributed by atoms with Gasteiger partial charge in [0.15, 0.2) is 12.4 Å². The Hall–Kier alpha value is -0.610. The van der Waals surface area contributed by atoms with Crippen molar-refractivity contribution in [3.8, 4) is 0 Å². The predicted molar refractivity (Wildman–Crippen MR) is 41.5 cm³/mol. The zero-order valence-electron chi connectivity index (χ0n) is 7.41. The number of esters is 1. The van der Waals surface area contributed by atoms with Crippen molar-refractivity contribution in [2.45, 2.75) is 32.2 Å². The highest BCUT2D eigenvalue weighted by molar-refractivity contribution is 5.74. The molecule has 2 atom stereocenters. The summed E-state index contributed by atoms with van der Waals surface area (Å²) >= 11 is 0. The van der Waals surface area contributed by atoms with Gasteiger partial charge in [0.05, 0.1) is 6.61 Å². The molecule has 4 nitrogen and oxygen atoms in total. The van der Waals surface area contributed by atoms with Gasteiger partial charge < -0.3 is 14.2 Å². The van der Waals surface area contributed by atoms with Gasteiger partial charge >= 0.3 is 5.97 Å². The summed E-state index contributed by atoms with van der Waals surface area (Å²) in [7, 11) is 1.57. The van der Waals surface area contributed by atoms with E-state index in [1.54, 1.807) is 14.0 Å². The SMILES string of the molecule is CCOC(=O)C1CC[C@@H](OC)O1. The zero-order valence-corrected chi connectivity index (χ0v) is 7.41. The van der Waals surface area contributed by atoms with Crippen LogP contribution in [0.1, 0.15) is 19.8 Å². The van der Waals surface area contributed by atoms with Crippen LogP contribution < -0.4 is 0 Å². The molecule has 0 bridgehead atoms. The van der Waals surface area contributed by atoms with Crippen molar-refractivity contribution in [1.82, 2.24) is 0 Å². The molecule has 70 valence electrons. The highest BCUT2D eigenvalue weighted by atomic mass is 16.7. The number of carbonyl (C=O) groups is 1. The molecule has 1 saturated heterocycles. The number of methoxy groups -OCH3 is 1. The van der Waals surface area contributed by atoms with Crippen LogP contribution in [0.25, 0.3) is 0 Å². The topological polar surface area (TPSA) is 44.8 Å². The summed E-state index contributed by atoms with van der Waals surface area (Å²) in [6.45, 7) is 2.18. The maximum absolute atomic E-state index is 11.1. The first kappa shape index (κ1) is 9.48. The van der Waals surface area contributed by atoms with Crippen molar-refractivity contribution in [3.63, 3.8) is 0 Å². The molecule has 0 saturated carbocycles. The summed E-state index contributed by atoms with van der Waals surface area (Å²) in [6.07, 6.45) is 0.798. The second-order valence-corrected chi connectivity index (χ2v) is 2.62. The van der Waals surface area contributed by atoms with Gasteiger partial charge in [0.2, 0.25) is 0 Å². The molecule has 1 aliphatic heterocycles. The van der Waals surface area contributed by atoms with Crippen LogP contribution in [0.5, 0.6) is 0 Å². The standard InChI is InChI=1S/C8H14O4/c1-3-11-8(9)6-4-5-7(10-2)12-6/h6-7H,3-5H2,1-2H3/t6?,7-/m0/s1. The second kappa shape index (κ2) is 4.42. The molecule has 0 N–H and O–H groups in total. The highest BCUT2D eigenvalue weighted by Gasteiger charge is 2.31. The third-order valence-corrected chi connectivity index (χ3v) is 1.79. The summed E-state index contributed by atoms with van der Waals surface area (Å²) in [5.74, 6) is -0.281. The van der Waals surface area contributed by atoms with E-state index in [1.807, 2.05) is 0 Å². The van der Waals surface area contributed by atoms with Crippen molar-refractivity contribution >= 4 is 5.97 Å². The van der Waals surface area contributed by atoms with Gasteiger partial charge in [0.1, 0.15) is 0 Å². The van der Waals surface area contributed by atoms with Crippen LogP contribution in [-0.2, 0) is 19.0 Å². The summed E-state index contributed by atoms with van der Waals surface area (Å²) in [5, 5.41) is 0. The minimum Gasteiger partial charge on any atom is -0.464 e. The van der Waals surface area contributed by atoms with Crippen molar-refractivity contribution in [2.75, 3.05) is 13.7 Å². The monoisotopic (exact) mass is 174 g/mol. The number of hydrogen-bond acceptors (Lipinski definition) is 4. The van der Waals surface area contributed by atoms with Crippen molar-refractivity contribution < 1.29 is 19.0 Å². The Bertz CT molecular complexity index is 157. The molecular formula is C8H14O4. The first-order chi connectivity index (χ1) is 5.77. The first-order valence-electron chi connectivity index (χ1n) is 4.12. The molecule has 1 unspecified atom stereocenters. The smallest absolute Gasteiger partial charge is 0.335 e. The Balaban J connectivity index is 2.31. The Morgan fingerprint density at radius 3 is 2.83 bits per heavy atom. The van der Waals surface area contributed by atoms with Crippen LogP contribution >= 0.6 is 0 Å². The Kier molecular flexibility index (Phi) is 3.49. The van der Waals surface area contributed by atoms with Crippen LogP contribution in [0, 0.1) is 0 Å². The van der Waals surface area contributed by atoms with E-state index in [1.165, 1.54) is 0 Å². The van der Waals surface area contributed by atoms with Gasteiger partial charge in [-0.05, 0) is 13.3 Å². The lowest BCUT2D eigenvalue weighted by atomic mass is 10.2. The van der Waals surface area contributed by atoms with Crippen LogP contribution in [0.2, 0.25) is 0 Å². The molecule has 0 spiro atoms. The minimum absolute atomic E-state index is 0.237. The summed E-state index contributed by atoms with van der Waals surface area (Å²) in [4.78, 5) is 11.1. The van der Waals surface area contributed by atoms with Crippen LogP contribution in [-0.4, -0.2) is 32.1 Å². The van der Waals surface area contributed by atoms with E-state index in [9.17, 15) is 4.79 Å². The fourth-order valence-corrected chi connectivity index (χ4v) is 1.19. The number of rotatable bonds is 3. The molecule has 1 fully saturated rings. The molecule has 1 rings (SSSR count). The predicted octanol–water partition coefficient (Wildman–Crippen LogP) is 0.701. The van der Waals surface area contributed by atoms with E-state index in [-0.39, 0.29) is 12.3 Å². The van der Waals surface area contributed by atoms with Crippen molar-refractivity contribution in [3.05, 3.63) is 0 Å². The van der Waals surface area contributed by atoms with Gasteiger partial charge in [0.25, 0.3) is 0 Å². The second-order valence-electron chi connectivity index (χ2n) is 2.62. The van der Waals surface area contributed by atoms with E-state index in [4.69, 9.17) is 14.2 Å².